The molecule has 11 heteroatoms. The highest BCUT2D eigenvalue weighted by Gasteiger charge is 2.34. The van der Waals surface area contributed by atoms with Gasteiger partial charge in [-0.15, -0.1) is 0 Å². The second-order valence-corrected chi connectivity index (χ2v) is 8.07. The Labute approximate surface area is 198 Å². The number of benzene rings is 2. The number of hydrogen-bond acceptors (Lipinski definition) is 5. The van der Waals surface area contributed by atoms with Gasteiger partial charge >= 0.3 is 6.18 Å². The van der Waals surface area contributed by atoms with E-state index in [4.69, 9.17) is 4.42 Å². The van der Waals surface area contributed by atoms with Crippen LogP contribution in [0.2, 0.25) is 0 Å². The number of amides is 2. The van der Waals surface area contributed by atoms with Gasteiger partial charge in [-0.3, -0.25) is 9.59 Å². The Morgan fingerprint density at radius 2 is 1.74 bits per heavy atom. The zero-order valence-electron chi connectivity index (χ0n) is 18.7. The fraction of sp³-hybridized carbons (Fsp3) is 0.292. The summed E-state index contributed by atoms with van der Waals surface area (Å²) in [5.74, 6) is -1.21. The molecule has 1 aromatic heterocycles. The first-order valence-electron chi connectivity index (χ1n) is 10.8. The van der Waals surface area contributed by atoms with Crippen molar-refractivity contribution in [2.75, 3.05) is 36.4 Å². The molecule has 1 fully saturated rings. The molecule has 2 heterocycles. The van der Waals surface area contributed by atoms with E-state index in [1.807, 2.05) is 24.3 Å². The van der Waals surface area contributed by atoms with E-state index >= 15 is 0 Å². The second-order valence-electron chi connectivity index (χ2n) is 8.07. The standard InChI is InChI=1S/C24H22F4N4O3/c1-15-29-14-21(35-15)16-2-5-18(6-3-16)31-8-10-32(11-9-31)23(34)13-22(33)30-20-7-4-17(25)12-19(20)24(26,27)28/h2-7,12,14H,8-11,13H2,1H3,(H,30,33). The Bertz CT molecular complexity index is 1220. The van der Waals surface area contributed by atoms with Crippen LogP contribution in [0.15, 0.2) is 53.1 Å². The molecule has 0 spiro atoms. The average Bonchev–Trinajstić information content (AvgIpc) is 3.26. The van der Waals surface area contributed by atoms with Gasteiger partial charge in [0.25, 0.3) is 0 Å². The van der Waals surface area contributed by atoms with Crippen LogP contribution in [0.5, 0.6) is 0 Å². The Hall–Kier alpha value is -3.89. The van der Waals surface area contributed by atoms with Crippen molar-refractivity contribution in [1.82, 2.24) is 9.88 Å². The normalized spacial score (nSPS) is 14.2. The Kier molecular flexibility index (Phi) is 6.77. The molecule has 1 N–H and O–H groups in total. The maximum atomic E-state index is 13.2. The third-order valence-electron chi connectivity index (χ3n) is 5.64. The van der Waals surface area contributed by atoms with Crippen LogP contribution < -0.4 is 10.2 Å². The van der Waals surface area contributed by atoms with E-state index in [0.717, 1.165) is 23.4 Å². The SMILES string of the molecule is Cc1ncc(-c2ccc(N3CCN(C(=O)CC(=O)Nc4ccc(F)cc4C(F)(F)F)CC3)cc2)o1. The number of anilines is 2. The molecule has 0 aliphatic carbocycles. The van der Waals surface area contributed by atoms with Crippen LogP contribution in [0, 0.1) is 12.7 Å². The molecular formula is C24H22F4N4O3. The molecule has 2 amide bonds. The summed E-state index contributed by atoms with van der Waals surface area (Å²) in [4.78, 5) is 32.4. The highest BCUT2D eigenvalue weighted by molar-refractivity contribution is 6.04. The lowest BCUT2D eigenvalue weighted by Gasteiger charge is -2.36. The summed E-state index contributed by atoms with van der Waals surface area (Å²) in [6, 6.07) is 9.66. The van der Waals surface area contributed by atoms with Crippen LogP contribution in [-0.4, -0.2) is 47.9 Å². The number of aromatic nitrogens is 1. The first kappa shape index (κ1) is 24.2. The van der Waals surface area contributed by atoms with Crippen molar-refractivity contribution in [3.8, 4) is 11.3 Å². The molecule has 1 aliphatic heterocycles. The van der Waals surface area contributed by atoms with Gasteiger partial charge in [-0.2, -0.15) is 13.2 Å². The zero-order valence-corrected chi connectivity index (χ0v) is 18.7. The topological polar surface area (TPSA) is 78.7 Å². The quantitative estimate of drug-likeness (QED) is 0.421. The number of nitrogens with zero attached hydrogens (tertiary/aromatic N) is 3. The molecule has 0 atom stereocenters. The smallest absolute Gasteiger partial charge is 0.418 e. The largest absolute Gasteiger partial charge is 0.441 e. The Balaban J connectivity index is 1.31. The van der Waals surface area contributed by atoms with E-state index in [2.05, 4.69) is 15.2 Å². The number of carbonyl (C=O) groups excluding carboxylic acids is 2. The lowest BCUT2D eigenvalue weighted by Crippen LogP contribution is -2.49. The number of halogens is 4. The maximum absolute atomic E-state index is 13.2. The van der Waals surface area contributed by atoms with Gasteiger partial charge in [-0.1, -0.05) is 0 Å². The number of oxazole rings is 1. The summed E-state index contributed by atoms with van der Waals surface area (Å²) < 4.78 is 58.1. The van der Waals surface area contributed by atoms with E-state index in [9.17, 15) is 27.2 Å². The molecule has 4 rings (SSSR count). The highest BCUT2D eigenvalue weighted by atomic mass is 19.4. The molecule has 0 bridgehead atoms. The minimum atomic E-state index is -4.85. The number of rotatable bonds is 5. The van der Waals surface area contributed by atoms with E-state index in [-0.39, 0.29) is 0 Å². The summed E-state index contributed by atoms with van der Waals surface area (Å²) in [5.41, 5.74) is -0.0448. The van der Waals surface area contributed by atoms with Gasteiger partial charge in [0.15, 0.2) is 11.7 Å². The van der Waals surface area contributed by atoms with Crippen molar-refractivity contribution in [2.45, 2.75) is 19.5 Å². The van der Waals surface area contributed by atoms with E-state index in [1.54, 1.807) is 13.1 Å². The van der Waals surface area contributed by atoms with Crippen LogP contribution >= 0.6 is 0 Å². The first-order chi connectivity index (χ1) is 16.6. The molecule has 1 saturated heterocycles. The minimum absolute atomic E-state index is 0.301. The van der Waals surface area contributed by atoms with Gasteiger partial charge in [0.2, 0.25) is 11.8 Å². The average molecular weight is 490 g/mol. The monoisotopic (exact) mass is 490 g/mol. The van der Waals surface area contributed by atoms with E-state index < -0.39 is 41.5 Å². The third-order valence-corrected chi connectivity index (χ3v) is 5.64. The van der Waals surface area contributed by atoms with Crippen LogP contribution in [0.3, 0.4) is 0 Å². The Morgan fingerprint density at radius 3 is 2.34 bits per heavy atom. The fourth-order valence-corrected chi connectivity index (χ4v) is 3.85. The summed E-state index contributed by atoms with van der Waals surface area (Å²) in [6.45, 7) is 3.55. The van der Waals surface area contributed by atoms with Gasteiger partial charge in [0, 0.05) is 44.4 Å². The highest BCUT2D eigenvalue weighted by Crippen LogP contribution is 2.35. The first-order valence-corrected chi connectivity index (χ1v) is 10.8. The number of carbonyl (C=O) groups is 2. The lowest BCUT2D eigenvalue weighted by atomic mass is 10.1. The zero-order chi connectivity index (χ0) is 25.2. The lowest BCUT2D eigenvalue weighted by molar-refractivity contribution is -0.137. The van der Waals surface area contributed by atoms with Crippen molar-refractivity contribution in [3.63, 3.8) is 0 Å². The summed E-state index contributed by atoms with van der Waals surface area (Å²) in [7, 11) is 0. The van der Waals surface area contributed by atoms with Crippen molar-refractivity contribution in [1.29, 1.82) is 0 Å². The summed E-state index contributed by atoms with van der Waals surface area (Å²) in [6.07, 6.45) is -3.80. The predicted molar refractivity (Wildman–Crippen MR) is 120 cm³/mol. The number of aryl methyl sites for hydroxylation is 1. The van der Waals surface area contributed by atoms with Crippen LogP contribution in [0.4, 0.5) is 28.9 Å². The van der Waals surface area contributed by atoms with Crippen molar-refractivity contribution in [3.05, 3.63) is 65.9 Å². The third kappa shape index (κ3) is 5.79. The maximum Gasteiger partial charge on any atom is 0.418 e. The van der Waals surface area contributed by atoms with Crippen LogP contribution in [-0.2, 0) is 15.8 Å². The van der Waals surface area contributed by atoms with Crippen molar-refractivity contribution >= 4 is 23.2 Å². The van der Waals surface area contributed by atoms with Gasteiger partial charge < -0.3 is 19.5 Å². The molecule has 35 heavy (non-hydrogen) atoms. The number of piperazine rings is 1. The van der Waals surface area contributed by atoms with Gasteiger partial charge in [-0.05, 0) is 42.5 Å². The molecule has 2 aromatic carbocycles. The second kappa shape index (κ2) is 9.77. The van der Waals surface area contributed by atoms with Gasteiger partial charge in [-0.25, -0.2) is 9.37 Å². The van der Waals surface area contributed by atoms with Gasteiger partial charge in [0.1, 0.15) is 12.2 Å². The molecule has 3 aromatic rings. The van der Waals surface area contributed by atoms with E-state index in [1.165, 1.54) is 4.90 Å². The molecule has 7 nitrogen and oxygen atoms in total. The molecule has 0 unspecified atom stereocenters. The van der Waals surface area contributed by atoms with E-state index in [0.29, 0.717) is 43.9 Å². The fourth-order valence-electron chi connectivity index (χ4n) is 3.85. The van der Waals surface area contributed by atoms with Crippen LogP contribution in [0.1, 0.15) is 17.9 Å². The Morgan fingerprint density at radius 1 is 1.06 bits per heavy atom. The molecule has 0 saturated carbocycles. The number of hydrogen-bond donors (Lipinski definition) is 1. The van der Waals surface area contributed by atoms with Gasteiger partial charge in [0.05, 0.1) is 17.4 Å². The van der Waals surface area contributed by atoms with Crippen molar-refractivity contribution in [2.24, 2.45) is 0 Å². The number of nitrogens with one attached hydrogen (secondary N) is 1. The molecular weight excluding hydrogens is 468 g/mol. The molecule has 0 radical (unpaired) electrons. The molecule has 184 valence electrons. The minimum Gasteiger partial charge on any atom is -0.441 e. The number of alkyl halides is 3. The van der Waals surface area contributed by atoms with Crippen molar-refractivity contribution < 1.29 is 31.6 Å². The summed E-state index contributed by atoms with van der Waals surface area (Å²) >= 11 is 0. The van der Waals surface area contributed by atoms with Crippen LogP contribution in [0.25, 0.3) is 11.3 Å². The summed E-state index contributed by atoms with van der Waals surface area (Å²) in [5, 5.41) is 2.07. The molecule has 1 aliphatic rings. The predicted octanol–water partition coefficient (Wildman–Crippen LogP) is 4.49.